The zero-order chi connectivity index (χ0) is 14.7. The molecule has 0 atom stereocenters. The molecule has 1 aromatic heterocycles. The van der Waals surface area contributed by atoms with E-state index in [1.54, 1.807) is 4.57 Å². The second kappa shape index (κ2) is 6.21. The summed E-state index contributed by atoms with van der Waals surface area (Å²) in [6.07, 6.45) is 3.76. The minimum atomic E-state index is -0.396. The van der Waals surface area contributed by atoms with Crippen molar-refractivity contribution in [3.8, 4) is 0 Å². The minimum Gasteiger partial charge on any atom is -0.358 e. The third kappa shape index (κ3) is 3.09. The number of hydrogen-bond donors (Lipinski definition) is 1. The average Bonchev–Trinajstić information content (AvgIpc) is 2.79. The second-order valence-corrected chi connectivity index (χ2v) is 5.70. The summed E-state index contributed by atoms with van der Waals surface area (Å²) in [5.74, 6) is 1.15. The van der Waals surface area contributed by atoms with Crippen LogP contribution in [0.2, 0.25) is 0 Å². The smallest absolute Gasteiger partial charge is 0.358 e. The zero-order valence-corrected chi connectivity index (χ0v) is 12.4. The van der Waals surface area contributed by atoms with E-state index in [4.69, 9.17) is 0 Å². The fourth-order valence-electron chi connectivity index (χ4n) is 2.76. The van der Waals surface area contributed by atoms with E-state index in [0.717, 1.165) is 32.5 Å². The molecular weight excluding hydrogens is 258 g/mol. The summed E-state index contributed by atoms with van der Waals surface area (Å²) in [4.78, 5) is 16.8. The highest BCUT2D eigenvalue weighted by atomic mass is 16.6. The number of aryl methyl sites for hydroxylation is 1. The van der Waals surface area contributed by atoms with Gasteiger partial charge in [-0.05, 0) is 55.6 Å². The van der Waals surface area contributed by atoms with Gasteiger partial charge in [0.1, 0.15) is 0 Å². The van der Waals surface area contributed by atoms with Crippen LogP contribution in [0.3, 0.4) is 0 Å². The van der Waals surface area contributed by atoms with Gasteiger partial charge in [0.2, 0.25) is 12.1 Å². The van der Waals surface area contributed by atoms with Crippen molar-refractivity contribution in [2.75, 3.05) is 24.5 Å². The molecule has 1 aliphatic rings. The third-order valence-corrected chi connectivity index (χ3v) is 3.87. The highest BCUT2D eigenvalue weighted by molar-refractivity contribution is 5.55. The molecule has 1 aromatic rings. The Hall–Kier alpha value is -1.63. The Morgan fingerprint density at radius 3 is 2.75 bits per heavy atom. The number of nitrogens with one attached hydrogen (secondary N) is 1. The van der Waals surface area contributed by atoms with Gasteiger partial charge in [0.25, 0.3) is 0 Å². The molecule has 0 unspecified atom stereocenters. The molecule has 0 bridgehead atoms. The molecule has 0 saturated carbocycles. The first kappa shape index (κ1) is 14.8. The van der Waals surface area contributed by atoms with Crippen molar-refractivity contribution < 1.29 is 4.92 Å². The van der Waals surface area contributed by atoms with E-state index in [0.29, 0.717) is 11.7 Å². The minimum absolute atomic E-state index is 0.0462. The molecule has 1 aliphatic heterocycles. The molecule has 0 spiro atoms. The number of piperidine rings is 1. The largest absolute Gasteiger partial charge is 0.406 e. The van der Waals surface area contributed by atoms with Gasteiger partial charge in [0.15, 0.2) is 0 Å². The molecule has 2 heterocycles. The van der Waals surface area contributed by atoms with Crippen LogP contribution in [0, 0.1) is 16.0 Å². The van der Waals surface area contributed by atoms with Crippen molar-refractivity contribution in [2.45, 2.75) is 32.7 Å². The molecule has 7 nitrogen and oxygen atoms in total. The monoisotopic (exact) mass is 281 g/mol. The van der Waals surface area contributed by atoms with Crippen molar-refractivity contribution in [1.82, 2.24) is 14.9 Å². The van der Waals surface area contributed by atoms with Gasteiger partial charge in [0.05, 0.1) is 0 Å². The lowest BCUT2D eigenvalue weighted by Gasteiger charge is -2.33. The Kier molecular flexibility index (Phi) is 4.59. The van der Waals surface area contributed by atoms with Crippen molar-refractivity contribution in [3.63, 3.8) is 0 Å². The van der Waals surface area contributed by atoms with Crippen LogP contribution in [-0.4, -0.2) is 40.2 Å². The van der Waals surface area contributed by atoms with E-state index in [2.05, 4.69) is 29.0 Å². The average molecular weight is 281 g/mol. The Balaban J connectivity index is 2.24. The van der Waals surface area contributed by atoms with Crippen LogP contribution in [0.25, 0.3) is 0 Å². The van der Waals surface area contributed by atoms with Gasteiger partial charge in [-0.3, -0.25) is 4.57 Å². The molecule has 20 heavy (non-hydrogen) atoms. The van der Waals surface area contributed by atoms with Crippen LogP contribution < -0.4 is 10.2 Å². The highest BCUT2D eigenvalue weighted by Gasteiger charge is 2.29. The summed E-state index contributed by atoms with van der Waals surface area (Å²) in [5, 5.41) is 14.5. The molecule has 0 radical (unpaired) electrons. The molecular formula is C13H23N5O2. The second-order valence-electron chi connectivity index (χ2n) is 5.70. The molecule has 7 heteroatoms. The van der Waals surface area contributed by atoms with Gasteiger partial charge in [-0.25, -0.2) is 0 Å². The summed E-state index contributed by atoms with van der Waals surface area (Å²) in [6, 6.07) is 0.207. The van der Waals surface area contributed by atoms with Crippen LogP contribution in [-0.2, 0) is 7.05 Å². The maximum absolute atomic E-state index is 11.1. The molecule has 1 N–H and O–H groups in total. The number of imidazole rings is 1. The zero-order valence-electron chi connectivity index (χ0n) is 12.4. The van der Waals surface area contributed by atoms with Gasteiger partial charge in [-0.2, -0.15) is 0 Å². The number of hydrogen-bond acceptors (Lipinski definition) is 5. The first-order chi connectivity index (χ1) is 9.50. The van der Waals surface area contributed by atoms with Gasteiger partial charge < -0.3 is 20.3 Å². The Morgan fingerprint density at radius 1 is 1.55 bits per heavy atom. The van der Waals surface area contributed by atoms with E-state index in [-0.39, 0.29) is 11.9 Å². The van der Waals surface area contributed by atoms with Gasteiger partial charge in [-0.15, -0.1) is 0 Å². The third-order valence-electron chi connectivity index (χ3n) is 3.87. The van der Waals surface area contributed by atoms with E-state index in [1.807, 2.05) is 7.05 Å². The maximum atomic E-state index is 11.1. The van der Waals surface area contributed by atoms with Crippen molar-refractivity contribution >= 4 is 11.6 Å². The first-order valence-corrected chi connectivity index (χ1v) is 7.13. The normalized spacial score (nSPS) is 16.6. The fourth-order valence-corrected chi connectivity index (χ4v) is 2.76. The summed E-state index contributed by atoms with van der Waals surface area (Å²) in [7, 11) is 1.81. The van der Waals surface area contributed by atoms with Crippen LogP contribution in [0.1, 0.15) is 26.7 Å². The molecule has 1 fully saturated rings. The van der Waals surface area contributed by atoms with Crippen molar-refractivity contribution in [2.24, 2.45) is 13.0 Å². The first-order valence-electron chi connectivity index (χ1n) is 7.13. The summed E-state index contributed by atoms with van der Waals surface area (Å²) >= 11 is 0. The van der Waals surface area contributed by atoms with E-state index in [9.17, 15) is 10.1 Å². The van der Waals surface area contributed by atoms with Crippen LogP contribution in [0.15, 0.2) is 6.33 Å². The molecule has 1 saturated heterocycles. The summed E-state index contributed by atoms with van der Waals surface area (Å²) < 4.78 is 1.75. The lowest BCUT2D eigenvalue weighted by atomic mass is 9.97. The van der Waals surface area contributed by atoms with Crippen LogP contribution >= 0.6 is 0 Å². The molecule has 0 amide bonds. The van der Waals surface area contributed by atoms with Crippen LogP contribution in [0.5, 0.6) is 0 Å². The van der Waals surface area contributed by atoms with Crippen molar-refractivity contribution in [3.05, 3.63) is 16.4 Å². The van der Waals surface area contributed by atoms with Crippen molar-refractivity contribution in [1.29, 1.82) is 0 Å². The topological polar surface area (TPSA) is 76.2 Å². The maximum Gasteiger partial charge on any atom is 0.406 e. The molecule has 112 valence electrons. The molecule has 2 rings (SSSR count). The Bertz CT molecular complexity index is 465. The number of nitrogens with zero attached hydrogens (tertiary/aromatic N) is 4. The Morgan fingerprint density at radius 2 is 2.20 bits per heavy atom. The summed E-state index contributed by atoms with van der Waals surface area (Å²) in [5.41, 5.74) is 0. The van der Waals surface area contributed by atoms with E-state index < -0.39 is 4.92 Å². The number of anilines is 1. The highest BCUT2D eigenvalue weighted by Crippen LogP contribution is 2.29. The lowest BCUT2D eigenvalue weighted by Crippen LogP contribution is -2.40. The summed E-state index contributed by atoms with van der Waals surface area (Å²) in [6.45, 7) is 7.05. The molecule has 0 aromatic carbocycles. The quantitative estimate of drug-likeness (QED) is 0.654. The lowest BCUT2D eigenvalue weighted by molar-refractivity contribution is -0.388. The SMILES string of the molecule is CC(C)N(CC1CCNCC1)c1c([N+](=O)[O-])ncn1C. The van der Waals surface area contributed by atoms with Crippen LogP contribution in [0.4, 0.5) is 11.6 Å². The van der Waals surface area contributed by atoms with Gasteiger partial charge in [0, 0.05) is 19.6 Å². The Labute approximate surface area is 119 Å². The number of rotatable bonds is 5. The predicted molar refractivity (Wildman–Crippen MR) is 77.9 cm³/mol. The molecule has 0 aliphatic carbocycles. The fraction of sp³-hybridized carbons (Fsp3) is 0.769. The van der Waals surface area contributed by atoms with Gasteiger partial charge in [-0.1, -0.05) is 0 Å². The van der Waals surface area contributed by atoms with E-state index in [1.165, 1.54) is 6.33 Å². The predicted octanol–water partition coefficient (Wildman–Crippen LogP) is 1.54. The number of nitro groups is 1. The number of aromatic nitrogens is 2. The van der Waals surface area contributed by atoms with Gasteiger partial charge >= 0.3 is 5.82 Å². The van der Waals surface area contributed by atoms with E-state index >= 15 is 0 Å². The standard InChI is InChI=1S/C13H23N5O2/c1-10(2)17(8-11-4-6-14-7-5-11)13-12(18(19)20)15-9-16(13)3/h9-11,14H,4-8H2,1-3H3.